The van der Waals surface area contributed by atoms with Crippen LogP contribution in [0.25, 0.3) is 10.8 Å². The van der Waals surface area contributed by atoms with Gasteiger partial charge in [0.05, 0.1) is 6.61 Å². The summed E-state index contributed by atoms with van der Waals surface area (Å²) in [6, 6.07) is 8.15. The molecule has 0 aliphatic carbocycles. The Morgan fingerprint density at radius 2 is 1.94 bits per heavy atom. The summed E-state index contributed by atoms with van der Waals surface area (Å²) in [4.78, 5) is 4.38. The first kappa shape index (κ1) is 12.8. The van der Waals surface area contributed by atoms with E-state index in [-0.39, 0.29) is 0 Å². The van der Waals surface area contributed by atoms with Crippen molar-refractivity contribution >= 4 is 10.8 Å². The zero-order valence-corrected chi connectivity index (χ0v) is 10.8. The van der Waals surface area contributed by atoms with Crippen molar-refractivity contribution < 1.29 is 9.47 Å². The topological polar surface area (TPSA) is 43.4 Å². The maximum absolute atomic E-state index is 5.64. The molecule has 18 heavy (non-hydrogen) atoms. The SMILES string of the molecule is CNCc1cnc(OCCOC)c2ccccc12. The maximum Gasteiger partial charge on any atom is 0.221 e. The fourth-order valence-corrected chi connectivity index (χ4v) is 1.89. The molecule has 4 heteroatoms. The van der Waals surface area contributed by atoms with Crippen LogP contribution in [0.5, 0.6) is 5.88 Å². The van der Waals surface area contributed by atoms with Gasteiger partial charge in [-0.3, -0.25) is 0 Å². The normalized spacial score (nSPS) is 10.8. The summed E-state index contributed by atoms with van der Waals surface area (Å²) in [5.41, 5.74) is 1.17. The lowest BCUT2D eigenvalue weighted by atomic mass is 10.1. The molecule has 0 atom stereocenters. The van der Waals surface area contributed by atoms with Crippen molar-refractivity contribution in [3.63, 3.8) is 0 Å². The first-order valence-corrected chi connectivity index (χ1v) is 5.99. The monoisotopic (exact) mass is 246 g/mol. The van der Waals surface area contributed by atoms with E-state index in [2.05, 4.69) is 16.4 Å². The number of nitrogens with one attached hydrogen (secondary N) is 1. The van der Waals surface area contributed by atoms with E-state index in [4.69, 9.17) is 9.47 Å². The zero-order valence-electron chi connectivity index (χ0n) is 10.8. The minimum atomic E-state index is 0.513. The molecular formula is C14H18N2O2. The second-order valence-electron chi connectivity index (χ2n) is 4.01. The Morgan fingerprint density at radius 3 is 2.67 bits per heavy atom. The van der Waals surface area contributed by atoms with Crippen LogP contribution in [-0.4, -0.2) is 32.4 Å². The Kier molecular flexibility index (Phi) is 4.50. The van der Waals surface area contributed by atoms with Crippen molar-refractivity contribution in [2.24, 2.45) is 0 Å². The van der Waals surface area contributed by atoms with Crippen LogP contribution in [-0.2, 0) is 11.3 Å². The number of methoxy groups -OCH3 is 1. The van der Waals surface area contributed by atoms with E-state index in [1.165, 1.54) is 10.9 Å². The fourth-order valence-electron chi connectivity index (χ4n) is 1.89. The average molecular weight is 246 g/mol. The van der Waals surface area contributed by atoms with E-state index in [0.29, 0.717) is 19.1 Å². The van der Waals surface area contributed by atoms with Gasteiger partial charge in [0.15, 0.2) is 0 Å². The molecule has 1 N–H and O–H groups in total. The number of nitrogens with zero attached hydrogens (tertiary/aromatic N) is 1. The number of ether oxygens (including phenoxy) is 2. The third kappa shape index (κ3) is 2.78. The molecule has 1 aromatic heterocycles. The van der Waals surface area contributed by atoms with Crippen molar-refractivity contribution in [1.82, 2.24) is 10.3 Å². The highest BCUT2D eigenvalue weighted by atomic mass is 16.5. The van der Waals surface area contributed by atoms with Crippen LogP contribution in [0.2, 0.25) is 0 Å². The molecule has 0 saturated heterocycles. The van der Waals surface area contributed by atoms with Gasteiger partial charge in [-0.1, -0.05) is 18.2 Å². The number of pyridine rings is 1. The van der Waals surface area contributed by atoms with Gasteiger partial charge in [0.1, 0.15) is 6.61 Å². The van der Waals surface area contributed by atoms with Crippen LogP contribution in [0.15, 0.2) is 30.5 Å². The predicted octanol–water partition coefficient (Wildman–Crippen LogP) is 1.98. The second-order valence-corrected chi connectivity index (χ2v) is 4.01. The zero-order chi connectivity index (χ0) is 12.8. The van der Waals surface area contributed by atoms with E-state index < -0.39 is 0 Å². The highest BCUT2D eigenvalue weighted by Crippen LogP contribution is 2.25. The molecule has 2 rings (SSSR count). The fraction of sp³-hybridized carbons (Fsp3) is 0.357. The molecule has 1 aromatic carbocycles. The van der Waals surface area contributed by atoms with Crippen molar-refractivity contribution in [3.8, 4) is 5.88 Å². The molecule has 0 amide bonds. The van der Waals surface area contributed by atoms with Gasteiger partial charge in [-0.05, 0) is 24.1 Å². The summed E-state index contributed by atoms with van der Waals surface area (Å²) in [5.74, 6) is 0.669. The van der Waals surface area contributed by atoms with Crippen molar-refractivity contribution in [3.05, 3.63) is 36.0 Å². The van der Waals surface area contributed by atoms with Gasteiger partial charge in [0.2, 0.25) is 5.88 Å². The number of rotatable bonds is 6. The Balaban J connectivity index is 2.34. The quantitative estimate of drug-likeness (QED) is 0.791. The Hall–Kier alpha value is -1.65. The van der Waals surface area contributed by atoms with Crippen molar-refractivity contribution in [2.75, 3.05) is 27.4 Å². The first-order chi connectivity index (χ1) is 8.86. The standard InChI is InChI=1S/C14H18N2O2/c1-15-9-11-10-16-14(18-8-7-17-2)13-6-4-3-5-12(11)13/h3-6,10,15H,7-9H2,1-2H3. The Bertz CT molecular complexity index is 514. The van der Waals surface area contributed by atoms with Gasteiger partial charge in [-0.2, -0.15) is 0 Å². The van der Waals surface area contributed by atoms with Crippen LogP contribution in [0.3, 0.4) is 0 Å². The van der Waals surface area contributed by atoms with Gasteiger partial charge in [0, 0.05) is 25.2 Å². The number of benzene rings is 1. The molecule has 4 nitrogen and oxygen atoms in total. The van der Waals surface area contributed by atoms with E-state index in [0.717, 1.165) is 11.9 Å². The largest absolute Gasteiger partial charge is 0.475 e. The second kappa shape index (κ2) is 6.33. The summed E-state index contributed by atoms with van der Waals surface area (Å²) < 4.78 is 10.6. The molecule has 0 spiro atoms. The van der Waals surface area contributed by atoms with Gasteiger partial charge in [-0.15, -0.1) is 0 Å². The van der Waals surface area contributed by atoms with E-state index in [1.54, 1.807) is 7.11 Å². The molecule has 96 valence electrons. The molecule has 0 fully saturated rings. The van der Waals surface area contributed by atoms with Gasteiger partial charge in [0.25, 0.3) is 0 Å². The molecule has 1 heterocycles. The van der Waals surface area contributed by atoms with Crippen LogP contribution in [0.1, 0.15) is 5.56 Å². The number of hydrogen-bond donors (Lipinski definition) is 1. The number of fused-ring (bicyclic) bond motifs is 1. The summed E-state index contributed by atoms with van der Waals surface area (Å²) in [6.45, 7) is 1.87. The summed E-state index contributed by atoms with van der Waals surface area (Å²) in [7, 11) is 3.59. The molecule has 0 aliphatic heterocycles. The highest BCUT2D eigenvalue weighted by molar-refractivity contribution is 5.89. The minimum Gasteiger partial charge on any atom is -0.475 e. The van der Waals surface area contributed by atoms with E-state index in [9.17, 15) is 0 Å². The highest BCUT2D eigenvalue weighted by Gasteiger charge is 2.07. The molecule has 0 unspecified atom stereocenters. The van der Waals surface area contributed by atoms with Crippen LogP contribution in [0.4, 0.5) is 0 Å². The number of aromatic nitrogens is 1. The van der Waals surface area contributed by atoms with Gasteiger partial charge in [-0.25, -0.2) is 4.98 Å². The molecule has 0 radical (unpaired) electrons. The number of hydrogen-bond acceptors (Lipinski definition) is 4. The lowest BCUT2D eigenvalue weighted by Gasteiger charge is -2.11. The van der Waals surface area contributed by atoms with Crippen LogP contribution in [0, 0.1) is 0 Å². The van der Waals surface area contributed by atoms with Crippen LogP contribution < -0.4 is 10.1 Å². The van der Waals surface area contributed by atoms with Crippen LogP contribution >= 0.6 is 0 Å². The average Bonchev–Trinajstić information content (AvgIpc) is 2.41. The van der Waals surface area contributed by atoms with E-state index >= 15 is 0 Å². The lowest BCUT2D eigenvalue weighted by molar-refractivity contribution is 0.144. The predicted molar refractivity (Wildman–Crippen MR) is 71.9 cm³/mol. The molecule has 0 saturated carbocycles. The van der Waals surface area contributed by atoms with Crippen molar-refractivity contribution in [1.29, 1.82) is 0 Å². The Labute approximate surface area is 107 Å². The van der Waals surface area contributed by atoms with Gasteiger partial charge < -0.3 is 14.8 Å². The first-order valence-electron chi connectivity index (χ1n) is 5.99. The molecule has 0 aliphatic rings. The summed E-state index contributed by atoms with van der Waals surface area (Å²) in [6.07, 6.45) is 1.86. The minimum absolute atomic E-state index is 0.513. The summed E-state index contributed by atoms with van der Waals surface area (Å²) >= 11 is 0. The van der Waals surface area contributed by atoms with Gasteiger partial charge >= 0.3 is 0 Å². The molecule has 2 aromatic rings. The summed E-state index contributed by atoms with van der Waals surface area (Å²) in [5, 5.41) is 5.37. The molecule has 0 bridgehead atoms. The smallest absolute Gasteiger partial charge is 0.221 e. The third-order valence-corrected chi connectivity index (χ3v) is 2.73. The lowest BCUT2D eigenvalue weighted by Crippen LogP contribution is -2.08. The third-order valence-electron chi connectivity index (χ3n) is 2.73. The van der Waals surface area contributed by atoms with Crippen molar-refractivity contribution in [2.45, 2.75) is 6.54 Å². The molecular weight excluding hydrogens is 228 g/mol. The van der Waals surface area contributed by atoms with E-state index in [1.807, 2.05) is 31.4 Å². The maximum atomic E-state index is 5.64. The Morgan fingerprint density at radius 1 is 1.17 bits per heavy atom.